The highest BCUT2D eigenvalue weighted by atomic mass is 19.1. The number of methoxy groups -OCH3 is 1. The fourth-order valence-corrected chi connectivity index (χ4v) is 1.05. The Balaban J connectivity index is 3.31. The maximum atomic E-state index is 13.1. The predicted molar refractivity (Wildman–Crippen MR) is 49.2 cm³/mol. The lowest BCUT2D eigenvalue weighted by atomic mass is 10.2. The van der Waals surface area contributed by atoms with Crippen molar-refractivity contribution in [3.8, 4) is 5.75 Å². The Labute approximate surface area is 79.6 Å². The van der Waals surface area contributed by atoms with E-state index in [1.807, 2.05) is 0 Å². The van der Waals surface area contributed by atoms with E-state index < -0.39 is 10.7 Å². The monoisotopic (exact) mass is 200 g/mol. The van der Waals surface area contributed by atoms with Crippen LogP contribution in [0.4, 0.5) is 15.8 Å². The summed E-state index contributed by atoms with van der Waals surface area (Å²) in [6.45, 7) is 0. The van der Waals surface area contributed by atoms with Crippen LogP contribution in [0, 0.1) is 15.9 Å². The number of benzene rings is 1. The molecule has 0 unspecified atom stereocenters. The van der Waals surface area contributed by atoms with E-state index in [0.717, 1.165) is 6.07 Å². The average Bonchev–Trinajstić information content (AvgIpc) is 2.17. The van der Waals surface area contributed by atoms with Crippen LogP contribution in [-0.4, -0.2) is 19.1 Å². The summed E-state index contributed by atoms with van der Waals surface area (Å²) in [7, 11) is 2.81. The number of rotatable bonds is 3. The number of hydrogen-bond acceptors (Lipinski definition) is 4. The van der Waals surface area contributed by atoms with Gasteiger partial charge in [0.2, 0.25) is 0 Å². The second-order valence-corrected chi connectivity index (χ2v) is 2.51. The van der Waals surface area contributed by atoms with Crippen molar-refractivity contribution in [1.29, 1.82) is 0 Å². The van der Waals surface area contributed by atoms with E-state index in [1.54, 1.807) is 0 Å². The van der Waals surface area contributed by atoms with Crippen molar-refractivity contribution in [2.75, 3.05) is 19.5 Å². The van der Waals surface area contributed by atoms with Gasteiger partial charge in [0, 0.05) is 13.1 Å². The minimum atomic E-state index is -0.752. The van der Waals surface area contributed by atoms with Gasteiger partial charge in [-0.05, 0) is 0 Å². The highest BCUT2D eigenvalue weighted by Gasteiger charge is 2.17. The van der Waals surface area contributed by atoms with Crippen molar-refractivity contribution in [2.24, 2.45) is 0 Å². The number of nitro groups is 1. The van der Waals surface area contributed by atoms with Crippen LogP contribution in [0.25, 0.3) is 0 Å². The Morgan fingerprint density at radius 2 is 2.21 bits per heavy atom. The highest BCUT2D eigenvalue weighted by molar-refractivity contribution is 5.64. The van der Waals surface area contributed by atoms with E-state index in [0.29, 0.717) is 0 Å². The van der Waals surface area contributed by atoms with Crippen molar-refractivity contribution < 1.29 is 14.1 Å². The van der Waals surface area contributed by atoms with Crippen LogP contribution in [-0.2, 0) is 0 Å². The van der Waals surface area contributed by atoms with Gasteiger partial charge in [-0.3, -0.25) is 10.1 Å². The summed E-state index contributed by atoms with van der Waals surface area (Å²) in [6, 6.07) is 2.07. The van der Waals surface area contributed by atoms with Crippen molar-refractivity contribution >= 4 is 11.4 Å². The van der Waals surface area contributed by atoms with Gasteiger partial charge in [0.25, 0.3) is 5.69 Å². The van der Waals surface area contributed by atoms with Crippen LogP contribution < -0.4 is 10.1 Å². The third-order valence-electron chi connectivity index (χ3n) is 1.74. The van der Waals surface area contributed by atoms with Crippen LogP contribution in [0.15, 0.2) is 12.1 Å². The molecular weight excluding hydrogens is 191 g/mol. The van der Waals surface area contributed by atoms with Gasteiger partial charge in [-0.1, -0.05) is 0 Å². The summed E-state index contributed by atoms with van der Waals surface area (Å²) in [6.07, 6.45) is 0. The van der Waals surface area contributed by atoms with E-state index in [-0.39, 0.29) is 17.1 Å². The molecule has 0 aliphatic rings. The third-order valence-corrected chi connectivity index (χ3v) is 1.74. The molecule has 0 spiro atoms. The maximum absolute atomic E-state index is 13.1. The largest absolute Gasteiger partial charge is 0.494 e. The van der Waals surface area contributed by atoms with Crippen LogP contribution >= 0.6 is 0 Å². The van der Waals surface area contributed by atoms with E-state index in [1.165, 1.54) is 20.2 Å². The fraction of sp³-hybridized carbons (Fsp3) is 0.250. The van der Waals surface area contributed by atoms with Gasteiger partial charge in [-0.25, -0.2) is 4.39 Å². The molecule has 1 rings (SSSR count). The van der Waals surface area contributed by atoms with E-state index in [4.69, 9.17) is 0 Å². The van der Waals surface area contributed by atoms with Crippen molar-refractivity contribution in [2.45, 2.75) is 0 Å². The summed E-state index contributed by atoms with van der Waals surface area (Å²) in [5, 5.41) is 13.1. The topological polar surface area (TPSA) is 64.4 Å². The minimum Gasteiger partial charge on any atom is -0.494 e. The summed E-state index contributed by atoms with van der Waals surface area (Å²) < 4.78 is 17.8. The average molecular weight is 200 g/mol. The molecule has 0 bridgehead atoms. The Morgan fingerprint density at radius 3 is 2.64 bits per heavy atom. The van der Waals surface area contributed by atoms with E-state index >= 15 is 0 Å². The van der Waals surface area contributed by atoms with Crippen LogP contribution in [0.5, 0.6) is 5.75 Å². The second kappa shape index (κ2) is 3.91. The molecule has 0 saturated carbocycles. The molecule has 6 heteroatoms. The molecule has 0 amide bonds. The molecule has 0 fully saturated rings. The van der Waals surface area contributed by atoms with Gasteiger partial charge in [0.15, 0.2) is 11.6 Å². The Morgan fingerprint density at radius 1 is 1.57 bits per heavy atom. The standard InChI is InChI=1S/C8H9FN2O3/c1-10-6-4-8(14-2)5(9)3-7(6)11(12)13/h3-4,10H,1-2H3. The first-order chi connectivity index (χ1) is 6.60. The summed E-state index contributed by atoms with van der Waals surface area (Å²) in [5.41, 5.74) is -0.0981. The Kier molecular flexibility index (Phi) is 2.85. The number of nitrogens with zero attached hydrogens (tertiary/aromatic N) is 1. The molecule has 14 heavy (non-hydrogen) atoms. The maximum Gasteiger partial charge on any atom is 0.295 e. The fourth-order valence-electron chi connectivity index (χ4n) is 1.05. The predicted octanol–water partition coefficient (Wildman–Crippen LogP) is 1.78. The zero-order valence-corrected chi connectivity index (χ0v) is 7.70. The molecule has 76 valence electrons. The van der Waals surface area contributed by atoms with E-state index in [2.05, 4.69) is 10.1 Å². The van der Waals surface area contributed by atoms with E-state index in [9.17, 15) is 14.5 Å². The third kappa shape index (κ3) is 1.73. The number of nitrogens with one attached hydrogen (secondary N) is 1. The molecular formula is C8H9FN2O3. The summed E-state index contributed by atoms with van der Waals surface area (Å²) >= 11 is 0. The zero-order chi connectivity index (χ0) is 10.7. The molecule has 0 aliphatic carbocycles. The Hall–Kier alpha value is -1.85. The van der Waals surface area contributed by atoms with Gasteiger partial charge in [-0.2, -0.15) is 0 Å². The first-order valence-corrected chi connectivity index (χ1v) is 3.79. The lowest BCUT2D eigenvalue weighted by Gasteiger charge is -2.05. The second-order valence-electron chi connectivity index (χ2n) is 2.51. The first-order valence-electron chi connectivity index (χ1n) is 3.79. The first kappa shape index (κ1) is 10.2. The quantitative estimate of drug-likeness (QED) is 0.596. The molecule has 0 aromatic heterocycles. The summed E-state index contributed by atoms with van der Waals surface area (Å²) in [4.78, 5) is 9.83. The lowest BCUT2D eigenvalue weighted by Crippen LogP contribution is -1.99. The molecule has 5 nitrogen and oxygen atoms in total. The van der Waals surface area contributed by atoms with Gasteiger partial charge >= 0.3 is 0 Å². The number of anilines is 1. The van der Waals surface area contributed by atoms with Gasteiger partial charge in [-0.15, -0.1) is 0 Å². The van der Waals surface area contributed by atoms with Crippen LogP contribution in [0.3, 0.4) is 0 Å². The number of ether oxygens (including phenoxy) is 1. The number of hydrogen-bond donors (Lipinski definition) is 1. The molecule has 0 atom stereocenters. The lowest BCUT2D eigenvalue weighted by molar-refractivity contribution is -0.384. The molecule has 0 heterocycles. The molecule has 1 N–H and O–H groups in total. The molecule has 0 saturated heterocycles. The van der Waals surface area contributed by atoms with Crippen LogP contribution in [0.2, 0.25) is 0 Å². The SMILES string of the molecule is CNc1cc(OC)c(F)cc1[N+](=O)[O-]. The van der Waals surface area contributed by atoms with Gasteiger partial charge in [0.1, 0.15) is 5.69 Å². The summed E-state index contributed by atoms with van der Waals surface area (Å²) in [5.74, 6) is -0.779. The van der Waals surface area contributed by atoms with Crippen LogP contribution in [0.1, 0.15) is 0 Å². The van der Waals surface area contributed by atoms with Gasteiger partial charge < -0.3 is 10.1 Å². The van der Waals surface area contributed by atoms with Crippen molar-refractivity contribution in [1.82, 2.24) is 0 Å². The highest BCUT2D eigenvalue weighted by Crippen LogP contribution is 2.31. The molecule has 0 aliphatic heterocycles. The molecule has 0 radical (unpaired) electrons. The number of nitro benzene ring substituents is 1. The number of halogens is 1. The Bertz CT molecular complexity index is 368. The minimum absolute atomic E-state index is 0.0278. The zero-order valence-electron chi connectivity index (χ0n) is 7.70. The van der Waals surface area contributed by atoms with Crippen molar-refractivity contribution in [3.63, 3.8) is 0 Å². The smallest absolute Gasteiger partial charge is 0.295 e. The van der Waals surface area contributed by atoms with Crippen molar-refractivity contribution in [3.05, 3.63) is 28.1 Å². The molecule has 1 aromatic rings. The van der Waals surface area contributed by atoms with Gasteiger partial charge in [0.05, 0.1) is 18.1 Å². The molecule has 1 aromatic carbocycles. The normalized spacial score (nSPS) is 9.64.